The topological polar surface area (TPSA) is 16.1 Å². The molecule has 0 amide bonds. The minimum Gasteiger partial charge on any atom is -0.297 e. The summed E-state index contributed by atoms with van der Waals surface area (Å²) in [5.74, 6) is 0. The SMILES string of the molecule is CCN1CCCC[C@@H]1c1cnc(Cl)c(C)c1. The first-order valence-electron chi connectivity index (χ1n) is 6.08. The lowest BCUT2D eigenvalue weighted by Gasteiger charge is -2.35. The van der Waals surface area contributed by atoms with Crippen molar-refractivity contribution < 1.29 is 0 Å². The standard InChI is InChI=1S/C13H19ClN2/c1-3-16-7-5-4-6-12(16)11-8-10(2)13(14)15-9-11/h8-9,12H,3-7H2,1-2H3/t12-/m1/s1. The van der Waals surface area contributed by atoms with E-state index in [0.29, 0.717) is 11.2 Å². The van der Waals surface area contributed by atoms with E-state index in [0.717, 1.165) is 12.1 Å². The number of aryl methyl sites for hydroxylation is 1. The molecule has 0 aliphatic carbocycles. The number of piperidine rings is 1. The second-order valence-corrected chi connectivity index (χ2v) is 4.87. The zero-order valence-electron chi connectivity index (χ0n) is 10.0. The lowest BCUT2D eigenvalue weighted by atomic mass is 9.96. The van der Waals surface area contributed by atoms with E-state index < -0.39 is 0 Å². The van der Waals surface area contributed by atoms with Crippen molar-refractivity contribution in [1.29, 1.82) is 0 Å². The molecule has 1 aliphatic rings. The van der Waals surface area contributed by atoms with Crippen LogP contribution in [0, 0.1) is 6.92 Å². The first-order valence-corrected chi connectivity index (χ1v) is 6.46. The van der Waals surface area contributed by atoms with Crippen LogP contribution >= 0.6 is 11.6 Å². The molecule has 1 aromatic rings. The van der Waals surface area contributed by atoms with E-state index >= 15 is 0 Å². The van der Waals surface area contributed by atoms with Crippen molar-refractivity contribution in [2.75, 3.05) is 13.1 Å². The van der Waals surface area contributed by atoms with Gasteiger partial charge in [-0.15, -0.1) is 0 Å². The summed E-state index contributed by atoms with van der Waals surface area (Å²) in [6, 6.07) is 2.73. The number of rotatable bonds is 2. The van der Waals surface area contributed by atoms with Crippen LogP contribution in [0.4, 0.5) is 0 Å². The van der Waals surface area contributed by atoms with Gasteiger partial charge in [0.1, 0.15) is 5.15 Å². The maximum Gasteiger partial charge on any atom is 0.131 e. The average Bonchev–Trinajstić information content (AvgIpc) is 2.32. The Labute approximate surface area is 103 Å². The Bertz CT molecular complexity index is 365. The summed E-state index contributed by atoms with van der Waals surface area (Å²) in [5.41, 5.74) is 2.41. The van der Waals surface area contributed by atoms with Crippen LogP contribution in [-0.2, 0) is 0 Å². The lowest BCUT2D eigenvalue weighted by Crippen LogP contribution is -2.33. The van der Waals surface area contributed by atoms with Gasteiger partial charge in [0.25, 0.3) is 0 Å². The monoisotopic (exact) mass is 238 g/mol. The molecule has 0 radical (unpaired) electrons. The first kappa shape index (κ1) is 11.9. The second-order valence-electron chi connectivity index (χ2n) is 4.52. The highest BCUT2D eigenvalue weighted by atomic mass is 35.5. The molecule has 0 bridgehead atoms. The van der Waals surface area contributed by atoms with Crippen LogP contribution in [0.15, 0.2) is 12.3 Å². The van der Waals surface area contributed by atoms with Crippen molar-refractivity contribution in [2.24, 2.45) is 0 Å². The Morgan fingerprint density at radius 1 is 1.50 bits per heavy atom. The number of hydrogen-bond acceptors (Lipinski definition) is 2. The Hall–Kier alpha value is -0.600. The summed E-state index contributed by atoms with van der Waals surface area (Å²) in [6.45, 7) is 6.58. The molecule has 0 N–H and O–H groups in total. The quantitative estimate of drug-likeness (QED) is 0.732. The molecule has 2 heterocycles. The number of hydrogen-bond donors (Lipinski definition) is 0. The molecule has 2 nitrogen and oxygen atoms in total. The molecular formula is C13H19ClN2. The molecule has 0 spiro atoms. The molecule has 1 aromatic heterocycles. The normalized spacial score (nSPS) is 22.3. The lowest BCUT2D eigenvalue weighted by molar-refractivity contribution is 0.157. The fourth-order valence-electron chi connectivity index (χ4n) is 2.51. The van der Waals surface area contributed by atoms with Crippen molar-refractivity contribution in [1.82, 2.24) is 9.88 Å². The Morgan fingerprint density at radius 2 is 2.31 bits per heavy atom. The second kappa shape index (κ2) is 5.15. The van der Waals surface area contributed by atoms with Gasteiger partial charge in [-0.05, 0) is 50.0 Å². The molecule has 0 saturated carbocycles. The zero-order chi connectivity index (χ0) is 11.5. The van der Waals surface area contributed by atoms with Gasteiger partial charge in [0, 0.05) is 12.2 Å². The van der Waals surface area contributed by atoms with Crippen LogP contribution in [0.25, 0.3) is 0 Å². The van der Waals surface area contributed by atoms with Crippen molar-refractivity contribution in [2.45, 2.75) is 39.2 Å². The first-order chi connectivity index (χ1) is 7.72. The number of aromatic nitrogens is 1. The fraction of sp³-hybridized carbons (Fsp3) is 0.615. The summed E-state index contributed by atoms with van der Waals surface area (Å²) in [4.78, 5) is 6.80. The fourth-order valence-corrected chi connectivity index (χ4v) is 2.61. The third kappa shape index (κ3) is 2.38. The van der Waals surface area contributed by atoms with Crippen LogP contribution in [-0.4, -0.2) is 23.0 Å². The average molecular weight is 239 g/mol. The maximum atomic E-state index is 5.97. The molecule has 1 fully saturated rings. The van der Waals surface area contributed by atoms with Crippen molar-refractivity contribution in [3.63, 3.8) is 0 Å². The molecule has 3 heteroatoms. The van der Waals surface area contributed by atoms with Crippen molar-refractivity contribution in [3.8, 4) is 0 Å². The highest BCUT2D eigenvalue weighted by Crippen LogP contribution is 2.31. The van der Waals surface area contributed by atoms with Gasteiger partial charge < -0.3 is 0 Å². The molecule has 2 rings (SSSR count). The van der Waals surface area contributed by atoms with Crippen LogP contribution < -0.4 is 0 Å². The summed E-state index contributed by atoms with van der Waals surface area (Å²) >= 11 is 5.97. The predicted octanol–water partition coefficient (Wildman–Crippen LogP) is 3.59. The van der Waals surface area contributed by atoms with E-state index in [1.54, 1.807) is 0 Å². The van der Waals surface area contributed by atoms with Crippen LogP contribution in [0.1, 0.15) is 43.4 Å². The van der Waals surface area contributed by atoms with Gasteiger partial charge in [-0.25, -0.2) is 4.98 Å². The van der Waals surface area contributed by atoms with E-state index in [1.807, 2.05) is 13.1 Å². The largest absolute Gasteiger partial charge is 0.297 e. The third-order valence-corrected chi connectivity index (χ3v) is 3.84. The maximum absolute atomic E-state index is 5.97. The van der Waals surface area contributed by atoms with Gasteiger partial charge in [-0.1, -0.05) is 24.9 Å². The van der Waals surface area contributed by atoms with E-state index in [4.69, 9.17) is 11.6 Å². The molecule has 88 valence electrons. The van der Waals surface area contributed by atoms with Crippen molar-refractivity contribution >= 4 is 11.6 Å². The minimum atomic E-state index is 0.544. The molecule has 0 unspecified atom stereocenters. The summed E-state index contributed by atoms with van der Waals surface area (Å²) < 4.78 is 0. The van der Waals surface area contributed by atoms with Crippen LogP contribution in [0.3, 0.4) is 0 Å². The Morgan fingerprint density at radius 3 is 3.00 bits per heavy atom. The zero-order valence-corrected chi connectivity index (χ0v) is 10.8. The van der Waals surface area contributed by atoms with E-state index in [1.165, 1.54) is 31.4 Å². The molecular weight excluding hydrogens is 220 g/mol. The molecule has 16 heavy (non-hydrogen) atoms. The van der Waals surface area contributed by atoms with Crippen LogP contribution in [0.2, 0.25) is 5.15 Å². The molecule has 1 atom stereocenters. The molecule has 0 aromatic carbocycles. The third-order valence-electron chi connectivity index (χ3n) is 3.44. The van der Waals surface area contributed by atoms with E-state index in [2.05, 4.69) is 22.9 Å². The summed E-state index contributed by atoms with van der Waals surface area (Å²) in [5, 5.41) is 0.627. The Balaban J connectivity index is 2.23. The summed E-state index contributed by atoms with van der Waals surface area (Å²) in [7, 11) is 0. The van der Waals surface area contributed by atoms with Gasteiger partial charge in [-0.3, -0.25) is 4.90 Å². The van der Waals surface area contributed by atoms with Gasteiger partial charge in [0.15, 0.2) is 0 Å². The number of halogens is 1. The van der Waals surface area contributed by atoms with Gasteiger partial charge in [0.05, 0.1) is 0 Å². The number of likely N-dealkylation sites (tertiary alicyclic amines) is 1. The predicted molar refractivity (Wildman–Crippen MR) is 67.8 cm³/mol. The minimum absolute atomic E-state index is 0.544. The van der Waals surface area contributed by atoms with E-state index in [-0.39, 0.29) is 0 Å². The van der Waals surface area contributed by atoms with Crippen LogP contribution in [0.5, 0.6) is 0 Å². The van der Waals surface area contributed by atoms with Gasteiger partial charge in [-0.2, -0.15) is 0 Å². The smallest absolute Gasteiger partial charge is 0.131 e. The molecule has 1 aliphatic heterocycles. The highest BCUT2D eigenvalue weighted by Gasteiger charge is 2.22. The number of nitrogens with zero attached hydrogens (tertiary/aromatic N) is 2. The molecule has 1 saturated heterocycles. The Kier molecular flexibility index (Phi) is 3.82. The van der Waals surface area contributed by atoms with Gasteiger partial charge >= 0.3 is 0 Å². The number of pyridine rings is 1. The summed E-state index contributed by atoms with van der Waals surface area (Å²) in [6.07, 6.45) is 5.83. The highest BCUT2D eigenvalue weighted by molar-refractivity contribution is 6.30. The van der Waals surface area contributed by atoms with Crippen molar-refractivity contribution in [3.05, 3.63) is 28.5 Å². The van der Waals surface area contributed by atoms with E-state index in [9.17, 15) is 0 Å². The van der Waals surface area contributed by atoms with Gasteiger partial charge in [0.2, 0.25) is 0 Å².